The van der Waals surface area contributed by atoms with Crippen LogP contribution in [0.2, 0.25) is 0 Å². The maximum Gasteiger partial charge on any atom is 0.230 e. The summed E-state index contributed by atoms with van der Waals surface area (Å²) in [7, 11) is 0. The van der Waals surface area contributed by atoms with Gasteiger partial charge in [-0.2, -0.15) is 0 Å². The minimum absolute atomic E-state index is 0.0387. The Labute approximate surface area is 125 Å². The van der Waals surface area contributed by atoms with Gasteiger partial charge in [0.1, 0.15) is 6.61 Å². The molecule has 0 aliphatic carbocycles. The van der Waals surface area contributed by atoms with Gasteiger partial charge >= 0.3 is 0 Å². The molecule has 108 valence electrons. The molecule has 0 heterocycles. The van der Waals surface area contributed by atoms with Crippen molar-refractivity contribution in [1.82, 2.24) is 5.32 Å². The van der Waals surface area contributed by atoms with Gasteiger partial charge in [-0.15, -0.1) is 11.8 Å². The predicted octanol–water partition coefficient (Wildman–Crippen LogP) is 2.18. The molecule has 0 spiro atoms. The molecule has 0 bridgehead atoms. The summed E-state index contributed by atoms with van der Waals surface area (Å²) in [5, 5.41) is 11.6. The second kappa shape index (κ2) is 7.98. The average Bonchev–Trinajstić information content (AvgIpc) is 2.40. The minimum atomic E-state index is -0.148. The molecule has 0 atom stereocenters. The summed E-state index contributed by atoms with van der Waals surface area (Å²) < 4.78 is 0.0944. The molecule has 1 aromatic rings. The van der Waals surface area contributed by atoms with Crippen molar-refractivity contribution in [2.75, 3.05) is 12.4 Å². The van der Waals surface area contributed by atoms with Crippen molar-refractivity contribution in [3.05, 3.63) is 35.4 Å². The molecule has 2 N–H and O–H groups in total. The summed E-state index contributed by atoms with van der Waals surface area (Å²) in [5.74, 6) is 5.96. The first-order chi connectivity index (χ1) is 9.40. The predicted molar refractivity (Wildman–Crippen MR) is 84.5 cm³/mol. The molecular weight excluding hydrogens is 270 g/mol. The van der Waals surface area contributed by atoms with Crippen LogP contribution in [0.3, 0.4) is 0 Å². The van der Waals surface area contributed by atoms with Crippen molar-refractivity contribution in [3.63, 3.8) is 0 Å². The Balaban J connectivity index is 2.47. The van der Waals surface area contributed by atoms with Crippen LogP contribution in [-0.4, -0.2) is 28.1 Å². The average molecular weight is 291 g/mol. The van der Waals surface area contributed by atoms with Gasteiger partial charge in [-0.3, -0.25) is 4.79 Å². The van der Waals surface area contributed by atoms with Crippen LogP contribution in [0.15, 0.2) is 24.3 Å². The van der Waals surface area contributed by atoms with Crippen molar-refractivity contribution in [2.24, 2.45) is 0 Å². The molecule has 0 saturated carbocycles. The number of benzene rings is 1. The quantitative estimate of drug-likeness (QED) is 0.836. The highest BCUT2D eigenvalue weighted by molar-refractivity contribution is 8.01. The molecule has 20 heavy (non-hydrogen) atoms. The topological polar surface area (TPSA) is 49.3 Å². The first kappa shape index (κ1) is 16.6. The number of amides is 1. The highest BCUT2D eigenvalue weighted by Crippen LogP contribution is 2.22. The minimum Gasteiger partial charge on any atom is -0.384 e. The van der Waals surface area contributed by atoms with Crippen molar-refractivity contribution >= 4 is 17.7 Å². The number of aliphatic hydroxyl groups excluding tert-OH is 1. The van der Waals surface area contributed by atoms with E-state index in [1.807, 2.05) is 24.3 Å². The first-order valence-corrected chi connectivity index (χ1v) is 7.48. The Morgan fingerprint density at radius 3 is 2.80 bits per heavy atom. The summed E-state index contributed by atoms with van der Waals surface area (Å²) in [6.07, 6.45) is 0. The van der Waals surface area contributed by atoms with Gasteiger partial charge in [-0.1, -0.05) is 44.7 Å². The van der Waals surface area contributed by atoms with E-state index in [2.05, 4.69) is 37.9 Å². The van der Waals surface area contributed by atoms with E-state index in [0.717, 1.165) is 11.1 Å². The fourth-order valence-corrected chi connectivity index (χ4v) is 2.10. The van der Waals surface area contributed by atoms with Crippen LogP contribution in [0.5, 0.6) is 0 Å². The third-order valence-corrected chi connectivity index (χ3v) is 3.64. The van der Waals surface area contributed by atoms with Crippen LogP contribution in [0.25, 0.3) is 0 Å². The largest absolute Gasteiger partial charge is 0.384 e. The fourth-order valence-electron chi connectivity index (χ4n) is 1.43. The van der Waals surface area contributed by atoms with Crippen LogP contribution >= 0.6 is 11.8 Å². The highest BCUT2D eigenvalue weighted by Gasteiger charge is 2.12. The molecule has 1 aromatic carbocycles. The van der Waals surface area contributed by atoms with Crippen molar-refractivity contribution in [2.45, 2.75) is 32.1 Å². The van der Waals surface area contributed by atoms with E-state index in [4.69, 9.17) is 5.11 Å². The zero-order valence-corrected chi connectivity index (χ0v) is 13.0. The number of carbonyl (C=O) groups excluding carboxylic acids is 1. The van der Waals surface area contributed by atoms with Gasteiger partial charge in [0.25, 0.3) is 0 Å². The number of nitrogens with one attached hydrogen (secondary N) is 1. The number of rotatable bonds is 4. The lowest BCUT2D eigenvalue weighted by atomic mass is 10.1. The smallest absolute Gasteiger partial charge is 0.230 e. The summed E-state index contributed by atoms with van der Waals surface area (Å²) in [6.45, 7) is 6.62. The second-order valence-corrected chi connectivity index (χ2v) is 7.14. The van der Waals surface area contributed by atoms with E-state index in [-0.39, 0.29) is 17.3 Å². The maximum absolute atomic E-state index is 11.7. The third kappa shape index (κ3) is 7.22. The first-order valence-electron chi connectivity index (χ1n) is 6.50. The molecule has 0 saturated heterocycles. The van der Waals surface area contributed by atoms with Crippen LogP contribution in [0.4, 0.5) is 0 Å². The molecule has 0 fully saturated rings. The molecule has 1 rings (SSSR count). The number of hydrogen-bond acceptors (Lipinski definition) is 3. The van der Waals surface area contributed by atoms with Gasteiger partial charge in [0.2, 0.25) is 5.91 Å². The lowest BCUT2D eigenvalue weighted by molar-refractivity contribution is -0.118. The molecule has 0 aromatic heterocycles. The summed E-state index contributed by atoms with van der Waals surface area (Å²) in [6, 6.07) is 7.64. The summed E-state index contributed by atoms with van der Waals surface area (Å²) in [4.78, 5) is 11.7. The van der Waals surface area contributed by atoms with Crippen LogP contribution in [-0.2, 0) is 11.3 Å². The van der Waals surface area contributed by atoms with Gasteiger partial charge in [-0.05, 0) is 17.7 Å². The Kier molecular flexibility index (Phi) is 6.63. The monoisotopic (exact) mass is 291 g/mol. The highest BCUT2D eigenvalue weighted by atomic mass is 32.2. The van der Waals surface area contributed by atoms with E-state index in [9.17, 15) is 4.79 Å². The molecule has 0 unspecified atom stereocenters. The molecule has 3 nitrogen and oxygen atoms in total. The number of hydrogen-bond donors (Lipinski definition) is 2. The Bertz CT molecular complexity index is 509. The standard InChI is InChI=1S/C16H21NO2S/c1-16(2,3)20-12-15(19)17-11-14-7-4-6-13(10-14)8-5-9-18/h4,6-7,10,18H,9,11-12H2,1-3H3,(H,17,19). The number of thioether (sulfide) groups is 1. The second-order valence-electron chi connectivity index (χ2n) is 5.34. The van der Waals surface area contributed by atoms with Crippen molar-refractivity contribution in [3.8, 4) is 11.8 Å². The lowest BCUT2D eigenvalue weighted by Crippen LogP contribution is -2.26. The van der Waals surface area contributed by atoms with Gasteiger partial charge in [0.15, 0.2) is 0 Å². The van der Waals surface area contributed by atoms with E-state index >= 15 is 0 Å². The molecule has 0 aliphatic heterocycles. The molecule has 1 amide bonds. The summed E-state index contributed by atoms with van der Waals surface area (Å²) in [5.41, 5.74) is 1.85. The zero-order valence-electron chi connectivity index (χ0n) is 12.2. The third-order valence-electron chi connectivity index (χ3n) is 2.36. The maximum atomic E-state index is 11.7. The Morgan fingerprint density at radius 1 is 1.40 bits per heavy atom. The van der Waals surface area contributed by atoms with E-state index in [1.165, 1.54) is 0 Å². The van der Waals surface area contributed by atoms with Crippen LogP contribution < -0.4 is 5.32 Å². The Morgan fingerprint density at radius 2 is 2.15 bits per heavy atom. The van der Waals surface area contributed by atoms with Crippen LogP contribution in [0.1, 0.15) is 31.9 Å². The van der Waals surface area contributed by atoms with Gasteiger partial charge in [0, 0.05) is 16.9 Å². The fraction of sp³-hybridized carbons (Fsp3) is 0.438. The van der Waals surface area contributed by atoms with Gasteiger partial charge in [0.05, 0.1) is 5.75 Å². The lowest BCUT2D eigenvalue weighted by Gasteiger charge is -2.17. The normalized spacial score (nSPS) is 10.6. The molecule has 0 aliphatic rings. The van der Waals surface area contributed by atoms with Crippen molar-refractivity contribution in [1.29, 1.82) is 0 Å². The number of aliphatic hydroxyl groups is 1. The molecule has 0 radical (unpaired) electrons. The van der Waals surface area contributed by atoms with E-state index in [1.54, 1.807) is 11.8 Å². The SMILES string of the molecule is CC(C)(C)SCC(=O)NCc1cccc(C#CCO)c1. The van der Waals surface area contributed by atoms with E-state index in [0.29, 0.717) is 12.3 Å². The zero-order chi connectivity index (χ0) is 15.0. The van der Waals surface area contributed by atoms with Crippen LogP contribution in [0, 0.1) is 11.8 Å². The number of carbonyl (C=O) groups is 1. The summed E-state index contributed by atoms with van der Waals surface area (Å²) >= 11 is 1.63. The molecular formula is C16H21NO2S. The van der Waals surface area contributed by atoms with Gasteiger partial charge in [-0.25, -0.2) is 0 Å². The Hall–Kier alpha value is -1.44. The van der Waals surface area contributed by atoms with E-state index < -0.39 is 0 Å². The van der Waals surface area contributed by atoms with Crippen molar-refractivity contribution < 1.29 is 9.90 Å². The molecule has 4 heteroatoms. The van der Waals surface area contributed by atoms with Gasteiger partial charge < -0.3 is 10.4 Å².